The number of aromatic nitrogens is 1. The summed E-state index contributed by atoms with van der Waals surface area (Å²) in [5, 5.41) is 20.6. The van der Waals surface area contributed by atoms with E-state index in [4.69, 9.17) is 11.6 Å². The number of pyridine rings is 1. The highest BCUT2D eigenvalue weighted by Gasteiger charge is 2.05. The molecule has 0 atom stereocenters. The molecule has 1 heterocycles. The van der Waals surface area contributed by atoms with Crippen molar-refractivity contribution in [1.82, 2.24) is 4.98 Å². The highest BCUT2D eigenvalue weighted by Crippen LogP contribution is 2.27. The summed E-state index contributed by atoms with van der Waals surface area (Å²) in [6.45, 7) is 3.74. The zero-order chi connectivity index (χ0) is 16.6. The smallest absolute Gasteiger partial charge is 0.136 e. The predicted octanol–water partition coefficient (Wildman–Crippen LogP) is 5.09. The Morgan fingerprint density at radius 2 is 1.65 bits per heavy atom. The molecule has 0 saturated heterocycles. The van der Waals surface area contributed by atoms with Crippen molar-refractivity contribution in [3.05, 3.63) is 63.8 Å². The maximum atomic E-state index is 9.83. The molecule has 1 aromatic heterocycles. The van der Waals surface area contributed by atoms with E-state index in [2.05, 4.69) is 4.98 Å². The maximum Gasteiger partial charge on any atom is 0.136 e. The normalized spacial score (nSPS) is 11.4. The molecule has 2 aromatic carbocycles. The van der Waals surface area contributed by atoms with E-state index in [1.807, 2.05) is 44.2 Å². The van der Waals surface area contributed by atoms with Gasteiger partial charge < -0.3 is 10.2 Å². The van der Waals surface area contributed by atoms with Gasteiger partial charge in [-0.15, -0.1) is 0 Å². The first-order valence-electron chi connectivity index (χ1n) is 7.21. The molecule has 0 spiro atoms. The standard InChI is InChI=1S/C19H16ClNO2/c1-11-7-13(8-12(2)18(11)23)3-4-15-9-14-5-6-16(22)10-17(14)21-19(15)20/h3-10,22-23H,1-2H3/b4-3+. The zero-order valence-electron chi connectivity index (χ0n) is 12.8. The summed E-state index contributed by atoms with van der Waals surface area (Å²) < 4.78 is 0. The minimum Gasteiger partial charge on any atom is -0.508 e. The third-order valence-electron chi connectivity index (χ3n) is 3.75. The van der Waals surface area contributed by atoms with E-state index in [1.54, 1.807) is 18.2 Å². The van der Waals surface area contributed by atoms with E-state index in [9.17, 15) is 10.2 Å². The number of hydrogen-bond donors (Lipinski definition) is 2. The van der Waals surface area contributed by atoms with Crippen LogP contribution in [0.25, 0.3) is 23.1 Å². The van der Waals surface area contributed by atoms with Crippen LogP contribution < -0.4 is 0 Å². The average Bonchev–Trinajstić information content (AvgIpc) is 2.50. The molecule has 0 aliphatic heterocycles. The van der Waals surface area contributed by atoms with E-state index >= 15 is 0 Å². The van der Waals surface area contributed by atoms with Gasteiger partial charge in [0.25, 0.3) is 0 Å². The summed E-state index contributed by atoms with van der Waals surface area (Å²) >= 11 is 6.23. The van der Waals surface area contributed by atoms with Gasteiger partial charge in [0, 0.05) is 17.0 Å². The molecule has 3 nitrogen and oxygen atoms in total. The van der Waals surface area contributed by atoms with Gasteiger partial charge in [-0.2, -0.15) is 0 Å². The fourth-order valence-electron chi connectivity index (χ4n) is 2.54. The van der Waals surface area contributed by atoms with Gasteiger partial charge in [0.2, 0.25) is 0 Å². The molecular formula is C19H16ClNO2. The van der Waals surface area contributed by atoms with E-state index in [0.717, 1.165) is 27.6 Å². The van der Waals surface area contributed by atoms with Crippen molar-refractivity contribution >= 4 is 34.7 Å². The highest BCUT2D eigenvalue weighted by atomic mass is 35.5. The summed E-state index contributed by atoms with van der Waals surface area (Å²) in [5.74, 6) is 0.492. The van der Waals surface area contributed by atoms with Gasteiger partial charge >= 0.3 is 0 Å². The Morgan fingerprint density at radius 1 is 0.957 bits per heavy atom. The molecule has 0 amide bonds. The van der Waals surface area contributed by atoms with Crippen molar-refractivity contribution in [3.8, 4) is 11.5 Å². The molecule has 0 saturated carbocycles. The third-order valence-corrected chi connectivity index (χ3v) is 4.05. The van der Waals surface area contributed by atoms with Crippen LogP contribution in [0.1, 0.15) is 22.3 Å². The van der Waals surface area contributed by atoms with E-state index < -0.39 is 0 Å². The number of aryl methyl sites for hydroxylation is 2. The number of phenolic OH excluding ortho intramolecular Hbond substituents is 2. The summed E-state index contributed by atoms with van der Waals surface area (Å²) in [5.41, 5.74) is 4.11. The van der Waals surface area contributed by atoms with Gasteiger partial charge in [-0.1, -0.05) is 23.8 Å². The number of hydrogen-bond acceptors (Lipinski definition) is 3. The number of aromatic hydroxyl groups is 2. The fourth-order valence-corrected chi connectivity index (χ4v) is 2.75. The minimum atomic E-state index is 0.166. The van der Waals surface area contributed by atoms with E-state index in [0.29, 0.717) is 16.4 Å². The number of fused-ring (bicyclic) bond motifs is 1. The topological polar surface area (TPSA) is 53.4 Å². The maximum absolute atomic E-state index is 9.83. The molecule has 2 N–H and O–H groups in total. The lowest BCUT2D eigenvalue weighted by Gasteiger charge is -2.05. The second-order valence-electron chi connectivity index (χ2n) is 5.58. The summed E-state index contributed by atoms with van der Waals surface area (Å²) in [4.78, 5) is 4.31. The Bertz CT molecular complexity index is 909. The molecule has 3 aromatic rings. The molecule has 23 heavy (non-hydrogen) atoms. The molecule has 0 unspecified atom stereocenters. The van der Waals surface area contributed by atoms with Crippen molar-refractivity contribution in [2.75, 3.05) is 0 Å². The van der Waals surface area contributed by atoms with Crippen LogP contribution in [0.5, 0.6) is 11.5 Å². The van der Waals surface area contributed by atoms with Crippen molar-refractivity contribution in [1.29, 1.82) is 0 Å². The number of nitrogens with zero attached hydrogens (tertiary/aromatic N) is 1. The lowest BCUT2D eigenvalue weighted by molar-refractivity contribution is 0.467. The first kappa shape index (κ1) is 15.4. The molecule has 116 valence electrons. The number of phenols is 2. The molecule has 0 bridgehead atoms. The lowest BCUT2D eigenvalue weighted by atomic mass is 10.0. The molecule has 4 heteroatoms. The second-order valence-corrected chi connectivity index (χ2v) is 5.94. The van der Waals surface area contributed by atoms with Gasteiger partial charge in [0.05, 0.1) is 5.52 Å². The average molecular weight is 326 g/mol. The van der Waals surface area contributed by atoms with Crippen LogP contribution in [0.15, 0.2) is 36.4 Å². The van der Waals surface area contributed by atoms with Crippen LogP contribution in [0.2, 0.25) is 5.15 Å². The third kappa shape index (κ3) is 3.15. The molecule has 0 fully saturated rings. The summed E-state index contributed by atoms with van der Waals surface area (Å²) in [7, 11) is 0. The van der Waals surface area contributed by atoms with Crippen molar-refractivity contribution in [2.45, 2.75) is 13.8 Å². The highest BCUT2D eigenvalue weighted by molar-refractivity contribution is 6.31. The molecule has 0 radical (unpaired) electrons. The van der Waals surface area contributed by atoms with Crippen molar-refractivity contribution in [3.63, 3.8) is 0 Å². The van der Waals surface area contributed by atoms with Gasteiger partial charge in [-0.3, -0.25) is 0 Å². The SMILES string of the molecule is Cc1cc(/C=C/c2cc3ccc(O)cc3nc2Cl)cc(C)c1O. The molecule has 0 aliphatic carbocycles. The minimum absolute atomic E-state index is 0.166. The van der Waals surface area contributed by atoms with Gasteiger partial charge in [0.1, 0.15) is 16.7 Å². The Morgan fingerprint density at radius 3 is 2.35 bits per heavy atom. The van der Waals surface area contributed by atoms with E-state index in [1.165, 1.54) is 0 Å². The second kappa shape index (κ2) is 5.94. The first-order valence-corrected chi connectivity index (χ1v) is 7.59. The monoisotopic (exact) mass is 325 g/mol. The Kier molecular flexibility index (Phi) is 3.97. The number of benzene rings is 2. The van der Waals surface area contributed by atoms with Gasteiger partial charge in [-0.25, -0.2) is 4.98 Å². The molecule has 0 aliphatic rings. The van der Waals surface area contributed by atoms with Crippen molar-refractivity contribution < 1.29 is 10.2 Å². The first-order chi connectivity index (χ1) is 10.9. The number of halogens is 1. The molecule has 3 rings (SSSR count). The Hall–Kier alpha value is -2.52. The number of rotatable bonds is 2. The van der Waals surface area contributed by atoms with Crippen LogP contribution in [-0.2, 0) is 0 Å². The van der Waals surface area contributed by atoms with Gasteiger partial charge in [-0.05, 0) is 60.9 Å². The summed E-state index contributed by atoms with van der Waals surface area (Å²) in [6.07, 6.45) is 3.83. The largest absolute Gasteiger partial charge is 0.508 e. The zero-order valence-corrected chi connectivity index (χ0v) is 13.6. The predicted molar refractivity (Wildman–Crippen MR) is 94.9 cm³/mol. The van der Waals surface area contributed by atoms with Crippen LogP contribution in [0.3, 0.4) is 0 Å². The fraction of sp³-hybridized carbons (Fsp3) is 0.105. The van der Waals surface area contributed by atoms with Crippen LogP contribution in [0.4, 0.5) is 0 Å². The van der Waals surface area contributed by atoms with Crippen LogP contribution in [-0.4, -0.2) is 15.2 Å². The lowest BCUT2D eigenvalue weighted by Crippen LogP contribution is -1.85. The van der Waals surface area contributed by atoms with Crippen molar-refractivity contribution in [2.24, 2.45) is 0 Å². The Labute approximate surface area is 139 Å². The molecular weight excluding hydrogens is 310 g/mol. The van der Waals surface area contributed by atoms with Crippen LogP contribution >= 0.6 is 11.6 Å². The van der Waals surface area contributed by atoms with Crippen LogP contribution in [0, 0.1) is 13.8 Å². The quantitative estimate of drug-likeness (QED) is 0.645. The summed E-state index contributed by atoms with van der Waals surface area (Å²) in [6, 6.07) is 10.8. The van der Waals surface area contributed by atoms with Gasteiger partial charge in [0.15, 0.2) is 0 Å². The Balaban J connectivity index is 2.01. The van der Waals surface area contributed by atoms with E-state index in [-0.39, 0.29) is 5.75 Å².